The van der Waals surface area contributed by atoms with Gasteiger partial charge in [-0.2, -0.15) is 0 Å². The van der Waals surface area contributed by atoms with E-state index in [9.17, 15) is 4.79 Å². The Kier molecular flexibility index (Phi) is 3.01. The Balaban J connectivity index is 2.29. The summed E-state index contributed by atoms with van der Waals surface area (Å²) in [7, 11) is 1.84. The van der Waals surface area contributed by atoms with E-state index in [0.29, 0.717) is 6.42 Å². The van der Waals surface area contributed by atoms with E-state index in [1.165, 1.54) is 0 Å². The first-order valence-electron chi connectivity index (χ1n) is 5.81. The van der Waals surface area contributed by atoms with E-state index in [4.69, 9.17) is 5.73 Å². The smallest absolute Gasteiger partial charge is 0.224 e. The molecule has 2 N–H and O–H groups in total. The van der Waals surface area contributed by atoms with Gasteiger partial charge >= 0.3 is 0 Å². The SMILES string of the molecule is CCCn1cccc1C1C(N)CC(=O)N1C. The van der Waals surface area contributed by atoms with Crippen LogP contribution in [0.3, 0.4) is 0 Å². The maximum Gasteiger partial charge on any atom is 0.224 e. The van der Waals surface area contributed by atoms with Gasteiger partial charge in [0.05, 0.1) is 6.04 Å². The summed E-state index contributed by atoms with van der Waals surface area (Å²) < 4.78 is 2.19. The van der Waals surface area contributed by atoms with Gasteiger partial charge < -0.3 is 15.2 Å². The normalized spacial score (nSPS) is 25.4. The van der Waals surface area contributed by atoms with Crippen molar-refractivity contribution in [2.75, 3.05) is 7.05 Å². The lowest BCUT2D eigenvalue weighted by atomic mass is 10.1. The number of amides is 1. The van der Waals surface area contributed by atoms with Crippen LogP contribution in [0.1, 0.15) is 31.5 Å². The number of carbonyl (C=O) groups excluding carboxylic acids is 1. The summed E-state index contributed by atoms with van der Waals surface area (Å²) in [6.45, 7) is 3.13. The summed E-state index contributed by atoms with van der Waals surface area (Å²) in [5.41, 5.74) is 7.20. The molecule has 1 aliphatic heterocycles. The molecule has 1 saturated heterocycles. The highest BCUT2D eigenvalue weighted by molar-refractivity contribution is 5.79. The Bertz CT molecular complexity index is 385. The van der Waals surface area contributed by atoms with E-state index < -0.39 is 0 Å². The molecule has 2 rings (SSSR count). The molecule has 0 aliphatic carbocycles. The van der Waals surface area contributed by atoms with Crippen molar-refractivity contribution in [2.45, 2.75) is 38.4 Å². The van der Waals surface area contributed by atoms with Crippen molar-refractivity contribution in [3.05, 3.63) is 24.0 Å². The Morgan fingerprint density at radius 1 is 1.56 bits per heavy atom. The van der Waals surface area contributed by atoms with Crippen LogP contribution in [0.2, 0.25) is 0 Å². The van der Waals surface area contributed by atoms with Crippen molar-refractivity contribution in [1.82, 2.24) is 9.47 Å². The molecular formula is C12H19N3O. The summed E-state index contributed by atoms with van der Waals surface area (Å²) in [5.74, 6) is 0.141. The van der Waals surface area contributed by atoms with Crippen LogP contribution in [0.25, 0.3) is 0 Å². The summed E-state index contributed by atoms with van der Waals surface area (Å²) in [4.78, 5) is 13.4. The van der Waals surface area contributed by atoms with Crippen molar-refractivity contribution in [3.63, 3.8) is 0 Å². The summed E-state index contributed by atoms with van der Waals surface area (Å²) in [6, 6.07) is 4.04. The van der Waals surface area contributed by atoms with Crippen LogP contribution < -0.4 is 5.73 Å². The quantitative estimate of drug-likeness (QED) is 0.831. The van der Waals surface area contributed by atoms with Crippen LogP contribution in [-0.2, 0) is 11.3 Å². The molecule has 4 nitrogen and oxygen atoms in total. The second-order valence-electron chi connectivity index (χ2n) is 4.44. The molecule has 1 aromatic rings. The fraction of sp³-hybridized carbons (Fsp3) is 0.583. The van der Waals surface area contributed by atoms with Gasteiger partial charge in [-0.15, -0.1) is 0 Å². The molecule has 0 bridgehead atoms. The molecular weight excluding hydrogens is 202 g/mol. The monoisotopic (exact) mass is 221 g/mol. The number of likely N-dealkylation sites (N-methyl/N-ethyl adjacent to an activating group) is 1. The number of rotatable bonds is 3. The number of hydrogen-bond donors (Lipinski definition) is 1. The average Bonchev–Trinajstić information content (AvgIpc) is 2.75. The molecule has 1 aliphatic rings. The number of nitrogens with zero attached hydrogens (tertiary/aromatic N) is 2. The van der Waals surface area contributed by atoms with Crippen LogP contribution in [0.4, 0.5) is 0 Å². The van der Waals surface area contributed by atoms with Gasteiger partial charge in [0.25, 0.3) is 0 Å². The number of nitrogens with two attached hydrogens (primary N) is 1. The fourth-order valence-corrected chi connectivity index (χ4v) is 2.46. The highest BCUT2D eigenvalue weighted by Crippen LogP contribution is 2.30. The molecule has 4 heteroatoms. The van der Waals surface area contributed by atoms with E-state index in [0.717, 1.165) is 18.7 Å². The number of aromatic nitrogens is 1. The molecule has 0 spiro atoms. The summed E-state index contributed by atoms with van der Waals surface area (Å²) in [6.07, 6.45) is 3.60. The lowest BCUT2D eigenvalue weighted by Crippen LogP contribution is -2.32. The number of hydrogen-bond acceptors (Lipinski definition) is 2. The van der Waals surface area contributed by atoms with Gasteiger partial charge in [0.1, 0.15) is 0 Å². The van der Waals surface area contributed by atoms with Gasteiger partial charge in [0, 0.05) is 37.9 Å². The van der Waals surface area contributed by atoms with Gasteiger partial charge in [0.15, 0.2) is 0 Å². The number of likely N-dealkylation sites (tertiary alicyclic amines) is 1. The van der Waals surface area contributed by atoms with Gasteiger partial charge in [-0.3, -0.25) is 4.79 Å². The van der Waals surface area contributed by atoms with Crippen LogP contribution in [-0.4, -0.2) is 28.5 Å². The Morgan fingerprint density at radius 3 is 2.88 bits per heavy atom. The number of aryl methyl sites for hydroxylation is 1. The van der Waals surface area contributed by atoms with Gasteiger partial charge in [-0.25, -0.2) is 0 Å². The highest BCUT2D eigenvalue weighted by atomic mass is 16.2. The van der Waals surface area contributed by atoms with Gasteiger partial charge in [0.2, 0.25) is 5.91 Å². The van der Waals surface area contributed by atoms with Gasteiger partial charge in [-0.1, -0.05) is 6.92 Å². The zero-order valence-electron chi connectivity index (χ0n) is 9.89. The lowest BCUT2D eigenvalue weighted by Gasteiger charge is -2.24. The molecule has 88 valence electrons. The second-order valence-corrected chi connectivity index (χ2v) is 4.44. The first-order chi connectivity index (χ1) is 7.65. The highest BCUT2D eigenvalue weighted by Gasteiger charge is 2.37. The molecule has 1 aromatic heterocycles. The first kappa shape index (κ1) is 11.2. The van der Waals surface area contributed by atoms with Crippen LogP contribution in [0.15, 0.2) is 18.3 Å². The minimum Gasteiger partial charge on any atom is -0.350 e. The van der Waals surface area contributed by atoms with Crippen LogP contribution in [0.5, 0.6) is 0 Å². The Labute approximate surface area is 96.0 Å². The largest absolute Gasteiger partial charge is 0.350 e. The van der Waals surface area contributed by atoms with Crippen LogP contribution >= 0.6 is 0 Å². The molecule has 2 atom stereocenters. The third-order valence-electron chi connectivity index (χ3n) is 3.26. The maximum absolute atomic E-state index is 11.6. The minimum atomic E-state index is -0.0805. The second kappa shape index (κ2) is 4.29. The summed E-state index contributed by atoms with van der Waals surface area (Å²) >= 11 is 0. The fourth-order valence-electron chi connectivity index (χ4n) is 2.46. The zero-order chi connectivity index (χ0) is 11.7. The van der Waals surface area contributed by atoms with E-state index in [2.05, 4.69) is 23.8 Å². The molecule has 16 heavy (non-hydrogen) atoms. The van der Waals surface area contributed by atoms with Gasteiger partial charge in [-0.05, 0) is 18.6 Å². The van der Waals surface area contributed by atoms with E-state index in [1.807, 2.05) is 13.1 Å². The topological polar surface area (TPSA) is 51.3 Å². The van der Waals surface area contributed by atoms with Crippen molar-refractivity contribution in [2.24, 2.45) is 5.73 Å². The number of carbonyl (C=O) groups is 1. The average molecular weight is 221 g/mol. The van der Waals surface area contributed by atoms with Crippen LogP contribution in [0, 0.1) is 0 Å². The van der Waals surface area contributed by atoms with Crippen molar-refractivity contribution < 1.29 is 4.79 Å². The van der Waals surface area contributed by atoms with E-state index in [-0.39, 0.29) is 18.0 Å². The van der Waals surface area contributed by atoms with E-state index >= 15 is 0 Å². The lowest BCUT2D eigenvalue weighted by molar-refractivity contribution is -0.127. The molecule has 0 radical (unpaired) electrons. The molecule has 0 saturated carbocycles. The van der Waals surface area contributed by atoms with Crippen molar-refractivity contribution in [3.8, 4) is 0 Å². The standard InChI is InChI=1S/C12H19N3O/c1-3-6-15-7-4-5-10(15)12-9(13)8-11(16)14(12)2/h4-5,7,9,12H,3,6,8,13H2,1-2H3. The summed E-state index contributed by atoms with van der Waals surface area (Å²) in [5, 5.41) is 0. The molecule has 2 heterocycles. The zero-order valence-corrected chi connectivity index (χ0v) is 9.89. The van der Waals surface area contributed by atoms with Crippen molar-refractivity contribution in [1.29, 1.82) is 0 Å². The third-order valence-corrected chi connectivity index (χ3v) is 3.26. The molecule has 1 amide bonds. The predicted octanol–water partition coefficient (Wildman–Crippen LogP) is 1.13. The van der Waals surface area contributed by atoms with E-state index in [1.54, 1.807) is 4.90 Å². The predicted molar refractivity (Wildman–Crippen MR) is 62.8 cm³/mol. The maximum atomic E-state index is 11.6. The Morgan fingerprint density at radius 2 is 2.31 bits per heavy atom. The minimum absolute atomic E-state index is 0.0362. The third kappa shape index (κ3) is 1.73. The molecule has 0 aromatic carbocycles. The van der Waals surface area contributed by atoms with Crippen molar-refractivity contribution >= 4 is 5.91 Å². The molecule has 2 unspecified atom stereocenters. The molecule has 1 fully saturated rings. The first-order valence-corrected chi connectivity index (χ1v) is 5.81. The Hall–Kier alpha value is -1.29.